The number of alkyl carbamates (subject to hydrolysis) is 1. The molecule has 0 radical (unpaired) electrons. The summed E-state index contributed by atoms with van der Waals surface area (Å²) in [7, 11) is -1.89. The summed E-state index contributed by atoms with van der Waals surface area (Å²) in [5.41, 5.74) is 3.59. The standard InChI is InChI=1S/C25H34N6O4S2/c1-15(2)35-25(32)30-17-6-4-16(5-7-17)24-28-13-21(36-24)20-11-8-18(29-23(31-26)14-27-3)12-22(20)37(33,34)19-9-10-19/h8,11-17,19H,4-7,9-10,26H2,1-3H3,(H,29,31)(H,30,32). The molecule has 1 amide bonds. The van der Waals surface area contributed by atoms with Gasteiger partial charge >= 0.3 is 6.09 Å². The number of hydrogen-bond donors (Lipinski definition) is 3. The fourth-order valence-corrected chi connectivity index (χ4v) is 7.51. The number of nitrogens with one attached hydrogen (secondary N) is 2. The van der Waals surface area contributed by atoms with Crippen LogP contribution in [0.3, 0.4) is 0 Å². The summed E-state index contributed by atoms with van der Waals surface area (Å²) in [5, 5.41) is 3.58. The van der Waals surface area contributed by atoms with Crippen molar-refractivity contribution >= 4 is 45.0 Å². The Bertz CT molecular complexity index is 1280. The molecule has 200 valence electrons. The molecule has 0 bridgehead atoms. The van der Waals surface area contributed by atoms with Crippen LogP contribution >= 0.6 is 11.3 Å². The number of amides is 1. The molecule has 2 aliphatic rings. The Morgan fingerprint density at radius 1 is 1.22 bits per heavy atom. The highest BCUT2D eigenvalue weighted by Crippen LogP contribution is 2.43. The van der Waals surface area contributed by atoms with E-state index in [0.717, 1.165) is 35.6 Å². The molecule has 10 nitrogen and oxygen atoms in total. The number of hydrogen-bond acceptors (Lipinski definition) is 9. The maximum Gasteiger partial charge on any atom is 0.407 e. The van der Waals surface area contributed by atoms with Crippen molar-refractivity contribution in [3.63, 3.8) is 0 Å². The minimum absolute atomic E-state index is 0.0935. The number of aliphatic imine (C=N–C) groups is 2. The number of nitrogens with two attached hydrogens (primary N) is 1. The van der Waals surface area contributed by atoms with E-state index in [1.807, 2.05) is 13.8 Å². The molecule has 0 atom stereocenters. The first kappa shape index (κ1) is 27.2. The number of aromatic nitrogens is 1. The predicted octanol–water partition coefficient (Wildman–Crippen LogP) is 4.10. The van der Waals surface area contributed by atoms with Crippen molar-refractivity contribution in [2.75, 3.05) is 7.05 Å². The fraction of sp³-hybridized carbons (Fsp3) is 0.520. The van der Waals surface area contributed by atoms with Crippen molar-refractivity contribution in [2.45, 2.75) is 80.6 Å². The minimum atomic E-state index is -3.49. The number of benzene rings is 1. The van der Waals surface area contributed by atoms with Gasteiger partial charge in [-0.1, -0.05) is 6.07 Å². The van der Waals surface area contributed by atoms with E-state index in [-0.39, 0.29) is 34.3 Å². The molecular formula is C25H34N6O4S2. The van der Waals surface area contributed by atoms with E-state index in [1.165, 1.54) is 17.6 Å². The van der Waals surface area contributed by atoms with Gasteiger partial charge in [0.15, 0.2) is 15.7 Å². The highest BCUT2D eigenvalue weighted by Gasteiger charge is 2.39. The van der Waals surface area contributed by atoms with Crippen LogP contribution in [-0.4, -0.2) is 56.0 Å². The molecule has 12 heteroatoms. The third kappa shape index (κ3) is 6.74. The molecule has 2 aliphatic carbocycles. The average Bonchev–Trinajstić information content (AvgIpc) is 3.62. The second-order valence-electron chi connectivity index (χ2n) is 9.66. The Kier molecular flexibility index (Phi) is 8.60. The molecule has 4 N–H and O–H groups in total. The number of carbonyl (C=O) groups excluding carboxylic acids is 1. The van der Waals surface area contributed by atoms with E-state index in [2.05, 4.69) is 25.7 Å². The van der Waals surface area contributed by atoms with Crippen molar-refractivity contribution in [1.29, 1.82) is 0 Å². The zero-order valence-electron chi connectivity index (χ0n) is 21.3. The van der Waals surface area contributed by atoms with E-state index in [4.69, 9.17) is 10.6 Å². The summed E-state index contributed by atoms with van der Waals surface area (Å²) >= 11 is 1.53. The molecule has 0 saturated heterocycles. The first-order valence-electron chi connectivity index (χ1n) is 12.5. The van der Waals surface area contributed by atoms with E-state index in [9.17, 15) is 13.2 Å². The molecule has 1 aromatic carbocycles. The Labute approximate surface area is 221 Å². The van der Waals surface area contributed by atoms with Crippen LogP contribution in [0.1, 0.15) is 63.3 Å². The van der Waals surface area contributed by atoms with Crippen molar-refractivity contribution < 1.29 is 17.9 Å². The van der Waals surface area contributed by atoms with Gasteiger partial charge in [-0.05, 0) is 64.5 Å². The van der Waals surface area contributed by atoms with E-state index < -0.39 is 9.84 Å². The van der Waals surface area contributed by atoms with Crippen LogP contribution < -0.4 is 16.6 Å². The van der Waals surface area contributed by atoms with Gasteiger partial charge < -0.3 is 15.5 Å². The highest BCUT2D eigenvalue weighted by molar-refractivity contribution is 7.92. The number of rotatable bonds is 8. The van der Waals surface area contributed by atoms with Gasteiger partial charge in [0.2, 0.25) is 0 Å². The molecule has 0 aliphatic heterocycles. The summed E-state index contributed by atoms with van der Waals surface area (Å²) in [6.07, 6.45) is 7.54. The van der Waals surface area contributed by atoms with Gasteiger partial charge in [0.05, 0.1) is 38.0 Å². The normalized spacial score (nSPS) is 20.8. The molecule has 0 unspecified atom stereocenters. The topological polar surface area (TPSA) is 148 Å². The Morgan fingerprint density at radius 3 is 2.57 bits per heavy atom. The van der Waals surface area contributed by atoms with Gasteiger partial charge in [-0.25, -0.2) is 29.0 Å². The van der Waals surface area contributed by atoms with Crippen molar-refractivity contribution in [2.24, 2.45) is 15.8 Å². The number of thiazole rings is 1. The fourth-order valence-electron chi connectivity index (χ4n) is 4.44. The monoisotopic (exact) mass is 546 g/mol. The molecule has 1 heterocycles. The summed E-state index contributed by atoms with van der Waals surface area (Å²) in [6, 6.07) is 5.27. The van der Waals surface area contributed by atoms with Gasteiger partial charge in [-0.15, -0.1) is 11.3 Å². The molecule has 37 heavy (non-hydrogen) atoms. The average molecular weight is 547 g/mol. The molecule has 1 aromatic heterocycles. The lowest BCUT2D eigenvalue weighted by molar-refractivity contribution is 0.109. The first-order chi connectivity index (χ1) is 17.7. The number of ether oxygens (including phenoxy) is 1. The quantitative estimate of drug-likeness (QED) is 0.195. The molecule has 2 aromatic rings. The summed E-state index contributed by atoms with van der Waals surface area (Å²) < 4.78 is 31.9. The van der Waals surface area contributed by atoms with Crippen LogP contribution in [0.15, 0.2) is 39.3 Å². The van der Waals surface area contributed by atoms with Crippen LogP contribution in [0.4, 0.5) is 10.5 Å². The van der Waals surface area contributed by atoms with Crippen molar-refractivity contribution in [3.05, 3.63) is 29.4 Å². The summed E-state index contributed by atoms with van der Waals surface area (Å²) in [5.74, 6) is 6.11. The second-order valence-corrected chi connectivity index (χ2v) is 12.9. The lowest BCUT2D eigenvalue weighted by Gasteiger charge is -2.28. The van der Waals surface area contributed by atoms with Gasteiger partial charge in [0.25, 0.3) is 0 Å². The Morgan fingerprint density at radius 2 is 1.95 bits per heavy atom. The molecule has 2 fully saturated rings. The lowest BCUT2D eigenvalue weighted by Crippen LogP contribution is -2.38. The number of nitrogens with zero attached hydrogens (tertiary/aromatic N) is 3. The third-order valence-electron chi connectivity index (χ3n) is 6.41. The predicted molar refractivity (Wildman–Crippen MR) is 146 cm³/mol. The smallest absolute Gasteiger partial charge is 0.407 e. The van der Waals surface area contributed by atoms with Crippen LogP contribution in [0.2, 0.25) is 0 Å². The van der Waals surface area contributed by atoms with Gasteiger partial charge in [0, 0.05) is 30.8 Å². The van der Waals surface area contributed by atoms with Gasteiger partial charge in [-0.3, -0.25) is 4.99 Å². The zero-order valence-corrected chi connectivity index (χ0v) is 22.9. The highest BCUT2D eigenvalue weighted by atomic mass is 32.2. The van der Waals surface area contributed by atoms with Gasteiger partial charge in [0.1, 0.15) is 0 Å². The Balaban J connectivity index is 1.54. The molecule has 2 saturated carbocycles. The number of amidine groups is 1. The summed E-state index contributed by atoms with van der Waals surface area (Å²) in [6.45, 7) is 3.66. The van der Waals surface area contributed by atoms with Gasteiger partial charge in [-0.2, -0.15) is 0 Å². The molecule has 0 spiro atoms. The largest absolute Gasteiger partial charge is 0.447 e. The van der Waals surface area contributed by atoms with Crippen molar-refractivity contribution in [1.82, 2.24) is 15.7 Å². The zero-order chi connectivity index (χ0) is 26.6. The second kappa shape index (κ2) is 11.7. The molecular weight excluding hydrogens is 512 g/mol. The van der Waals surface area contributed by atoms with Crippen LogP contribution in [0, 0.1) is 0 Å². The minimum Gasteiger partial charge on any atom is -0.447 e. The van der Waals surface area contributed by atoms with Crippen molar-refractivity contribution in [3.8, 4) is 10.4 Å². The van der Waals surface area contributed by atoms with E-state index >= 15 is 0 Å². The maximum absolute atomic E-state index is 13.3. The van der Waals surface area contributed by atoms with E-state index in [1.54, 1.807) is 31.4 Å². The number of hydrazine groups is 1. The lowest BCUT2D eigenvalue weighted by atomic mass is 9.86. The maximum atomic E-state index is 13.3. The third-order valence-corrected chi connectivity index (χ3v) is 9.91. The van der Waals surface area contributed by atoms with E-state index in [0.29, 0.717) is 29.9 Å². The summed E-state index contributed by atoms with van der Waals surface area (Å²) in [4.78, 5) is 26.0. The first-order valence-corrected chi connectivity index (χ1v) is 14.9. The number of carbonyl (C=O) groups is 1. The molecule has 4 rings (SSSR count). The van der Waals surface area contributed by atoms with Crippen LogP contribution in [0.5, 0.6) is 0 Å². The van der Waals surface area contributed by atoms with Crippen LogP contribution in [-0.2, 0) is 14.6 Å². The number of sulfone groups is 1. The SMILES string of the molecule is CN=CC(=Nc1ccc(-c2cnc(C3CCC(NC(=O)OC(C)C)CC3)s2)c(S(=O)(=O)C2CC2)c1)NN. The van der Waals surface area contributed by atoms with Crippen LogP contribution in [0.25, 0.3) is 10.4 Å². The Hall–Kier alpha value is -2.83.